The van der Waals surface area contributed by atoms with Crippen molar-refractivity contribution in [1.29, 1.82) is 0 Å². The molecule has 0 radical (unpaired) electrons. The maximum Gasteiger partial charge on any atom is 0.350 e. The normalized spacial score (nSPS) is 10.5. The molecule has 0 saturated heterocycles. The van der Waals surface area contributed by atoms with Gasteiger partial charge in [-0.25, -0.2) is 4.79 Å². The molecule has 0 atom stereocenters. The number of rotatable bonds is 4. The molecule has 5 nitrogen and oxygen atoms in total. The second kappa shape index (κ2) is 6.32. The zero-order valence-corrected chi connectivity index (χ0v) is 13.5. The highest BCUT2D eigenvalue weighted by Crippen LogP contribution is 2.29. The summed E-state index contributed by atoms with van der Waals surface area (Å²) in [6.45, 7) is 4.37. The standard InChI is InChI=1S/C14H15ClN2O3S/c1-4-17-6-9(15)5-10(17)13(18)16-11-8(2)7-21-12(11)14(19)20-3/h5-7H,4H2,1-3H3,(H,16,18). The number of halogens is 1. The molecule has 1 N–H and O–H groups in total. The predicted molar refractivity (Wildman–Crippen MR) is 83.5 cm³/mol. The summed E-state index contributed by atoms with van der Waals surface area (Å²) in [4.78, 5) is 24.5. The molecule has 0 aromatic carbocycles. The van der Waals surface area contributed by atoms with Crippen molar-refractivity contribution in [2.24, 2.45) is 0 Å². The second-order valence-corrected chi connectivity index (χ2v) is 5.71. The number of ether oxygens (including phenoxy) is 1. The van der Waals surface area contributed by atoms with E-state index in [1.165, 1.54) is 18.4 Å². The van der Waals surface area contributed by atoms with Gasteiger partial charge in [0.1, 0.15) is 10.6 Å². The summed E-state index contributed by atoms with van der Waals surface area (Å²) in [6.07, 6.45) is 1.69. The first kappa shape index (κ1) is 15.6. The van der Waals surface area contributed by atoms with Crippen LogP contribution in [0.2, 0.25) is 5.02 Å². The summed E-state index contributed by atoms with van der Waals surface area (Å²) in [6, 6.07) is 1.60. The fourth-order valence-corrected chi connectivity index (χ4v) is 3.09. The van der Waals surface area contributed by atoms with Gasteiger partial charge in [-0.15, -0.1) is 11.3 Å². The number of thiophene rings is 1. The van der Waals surface area contributed by atoms with Gasteiger partial charge in [-0.3, -0.25) is 4.79 Å². The molecule has 112 valence electrons. The monoisotopic (exact) mass is 326 g/mol. The number of nitrogens with zero attached hydrogens (tertiary/aromatic N) is 1. The first-order chi connectivity index (χ1) is 9.97. The molecule has 0 spiro atoms. The maximum atomic E-state index is 12.4. The summed E-state index contributed by atoms with van der Waals surface area (Å²) in [7, 11) is 1.31. The van der Waals surface area contributed by atoms with Gasteiger partial charge in [0.25, 0.3) is 5.91 Å². The van der Waals surface area contributed by atoms with Crippen molar-refractivity contribution in [2.45, 2.75) is 20.4 Å². The lowest BCUT2D eigenvalue weighted by atomic mass is 10.2. The number of amides is 1. The van der Waals surface area contributed by atoms with Crippen molar-refractivity contribution < 1.29 is 14.3 Å². The van der Waals surface area contributed by atoms with Crippen molar-refractivity contribution >= 4 is 40.5 Å². The Kier molecular flexibility index (Phi) is 4.69. The number of carbonyl (C=O) groups is 2. The fourth-order valence-electron chi connectivity index (χ4n) is 1.95. The topological polar surface area (TPSA) is 60.3 Å². The number of anilines is 1. The van der Waals surface area contributed by atoms with Gasteiger partial charge in [0, 0.05) is 12.7 Å². The minimum atomic E-state index is -0.465. The van der Waals surface area contributed by atoms with Gasteiger partial charge in [-0.1, -0.05) is 11.6 Å². The van der Waals surface area contributed by atoms with Crippen LogP contribution in [-0.2, 0) is 11.3 Å². The van der Waals surface area contributed by atoms with Crippen molar-refractivity contribution in [3.8, 4) is 0 Å². The number of methoxy groups -OCH3 is 1. The summed E-state index contributed by atoms with van der Waals surface area (Å²) < 4.78 is 6.47. The van der Waals surface area contributed by atoms with E-state index in [0.717, 1.165) is 5.56 Å². The molecule has 0 bridgehead atoms. The SMILES string of the molecule is CCn1cc(Cl)cc1C(=O)Nc1c(C)csc1C(=O)OC. The Balaban J connectivity index is 2.31. The molecular formula is C14H15ClN2O3S. The van der Waals surface area contributed by atoms with Gasteiger partial charge >= 0.3 is 5.97 Å². The van der Waals surface area contributed by atoms with Gasteiger partial charge in [-0.05, 0) is 30.9 Å². The van der Waals surface area contributed by atoms with Crippen molar-refractivity contribution in [2.75, 3.05) is 12.4 Å². The summed E-state index contributed by atoms with van der Waals surface area (Å²) in [5.41, 5.74) is 1.75. The van der Waals surface area contributed by atoms with E-state index in [9.17, 15) is 9.59 Å². The summed E-state index contributed by atoms with van der Waals surface area (Å²) >= 11 is 7.17. The van der Waals surface area contributed by atoms with E-state index in [-0.39, 0.29) is 5.91 Å². The third-order valence-electron chi connectivity index (χ3n) is 3.02. The van der Waals surface area contributed by atoms with Gasteiger partial charge in [0.15, 0.2) is 0 Å². The number of esters is 1. The lowest BCUT2D eigenvalue weighted by Crippen LogP contribution is -2.18. The molecule has 0 aliphatic rings. The zero-order chi connectivity index (χ0) is 15.6. The molecule has 0 fully saturated rings. The number of hydrogen-bond acceptors (Lipinski definition) is 4. The van der Waals surface area contributed by atoms with Crippen molar-refractivity contribution in [3.63, 3.8) is 0 Å². The molecule has 7 heteroatoms. The molecule has 0 aliphatic heterocycles. The Morgan fingerprint density at radius 3 is 2.81 bits per heavy atom. The summed E-state index contributed by atoms with van der Waals surface area (Å²) in [5, 5.41) is 5.07. The Morgan fingerprint density at radius 2 is 2.19 bits per heavy atom. The molecule has 2 aromatic heterocycles. The Morgan fingerprint density at radius 1 is 1.48 bits per heavy atom. The quantitative estimate of drug-likeness (QED) is 0.874. The summed E-state index contributed by atoms with van der Waals surface area (Å²) in [5.74, 6) is -0.775. The molecule has 0 unspecified atom stereocenters. The first-order valence-corrected chi connectivity index (χ1v) is 7.57. The Labute approximate surface area is 131 Å². The molecule has 1 amide bonds. The molecule has 2 rings (SSSR count). The van der Waals surface area contributed by atoms with Crippen LogP contribution in [0.5, 0.6) is 0 Å². The van der Waals surface area contributed by atoms with E-state index < -0.39 is 5.97 Å². The largest absolute Gasteiger partial charge is 0.465 e. The van der Waals surface area contributed by atoms with E-state index in [1.807, 2.05) is 13.8 Å². The lowest BCUT2D eigenvalue weighted by Gasteiger charge is -2.09. The molecule has 2 aromatic rings. The van der Waals surface area contributed by atoms with Crippen molar-refractivity contribution in [1.82, 2.24) is 4.57 Å². The van der Waals surface area contributed by atoms with Crippen LogP contribution in [0, 0.1) is 6.92 Å². The smallest absolute Gasteiger partial charge is 0.350 e. The van der Waals surface area contributed by atoms with Gasteiger partial charge in [0.2, 0.25) is 0 Å². The highest BCUT2D eigenvalue weighted by atomic mass is 35.5. The van der Waals surface area contributed by atoms with Crippen LogP contribution >= 0.6 is 22.9 Å². The minimum Gasteiger partial charge on any atom is -0.465 e. The number of aromatic nitrogens is 1. The molecule has 2 heterocycles. The molecule has 0 aliphatic carbocycles. The Bertz CT molecular complexity index is 690. The van der Waals surface area contributed by atoms with Gasteiger partial charge in [0.05, 0.1) is 17.8 Å². The zero-order valence-electron chi connectivity index (χ0n) is 11.9. The maximum absolute atomic E-state index is 12.4. The van der Waals surface area contributed by atoms with E-state index >= 15 is 0 Å². The number of nitrogens with one attached hydrogen (secondary N) is 1. The van der Waals surface area contributed by atoms with Crippen LogP contribution in [0.25, 0.3) is 0 Å². The highest BCUT2D eigenvalue weighted by molar-refractivity contribution is 7.12. The van der Waals surface area contributed by atoms with Crippen LogP contribution in [0.3, 0.4) is 0 Å². The van der Waals surface area contributed by atoms with Gasteiger partial charge < -0.3 is 14.6 Å². The number of aryl methyl sites for hydroxylation is 2. The third-order valence-corrected chi connectivity index (χ3v) is 4.31. The van der Waals surface area contributed by atoms with E-state index in [4.69, 9.17) is 16.3 Å². The average molecular weight is 327 g/mol. The van der Waals surface area contributed by atoms with Crippen LogP contribution in [0.15, 0.2) is 17.6 Å². The molecule has 21 heavy (non-hydrogen) atoms. The van der Waals surface area contributed by atoms with Gasteiger partial charge in [-0.2, -0.15) is 0 Å². The van der Waals surface area contributed by atoms with E-state index in [0.29, 0.717) is 27.8 Å². The predicted octanol–water partition coefficient (Wildman–Crippen LogP) is 3.57. The lowest BCUT2D eigenvalue weighted by molar-refractivity contribution is 0.0607. The van der Waals surface area contributed by atoms with Crippen LogP contribution in [-0.4, -0.2) is 23.6 Å². The van der Waals surface area contributed by atoms with E-state index in [2.05, 4.69) is 5.32 Å². The van der Waals surface area contributed by atoms with Crippen LogP contribution in [0.1, 0.15) is 32.6 Å². The minimum absolute atomic E-state index is 0.310. The van der Waals surface area contributed by atoms with E-state index in [1.54, 1.807) is 22.2 Å². The fraction of sp³-hybridized carbons (Fsp3) is 0.286. The highest BCUT2D eigenvalue weighted by Gasteiger charge is 2.20. The first-order valence-electron chi connectivity index (χ1n) is 6.31. The van der Waals surface area contributed by atoms with Crippen molar-refractivity contribution in [3.05, 3.63) is 38.8 Å². The second-order valence-electron chi connectivity index (χ2n) is 4.40. The molecule has 0 saturated carbocycles. The number of carbonyl (C=O) groups excluding carboxylic acids is 2. The average Bonchev–Trinajstić information content (AvgIpc) is 3.02. The molecular weight excluding hydrogens is 312 g/mol. The van der Waals surface area contributed by atoms with Crippen LogP contribution < -0.4 is 5.32 Å². The number of hydrogen-bond donors (Lipinski definition) is 1. The third kappa shape index (κ3) is 3.11. The van der Waals surface area contributed by atoms with Crippen LogP contribution in [0.4, 0.5) is 5.69 Å². The Hall–Kier alpha value is -1.79.